The third-order valence-electron chi connectivity index (χ3n) is 4.34. The SMILES string of the molecule is CC(Nc1ncnc(N)c1C#N)c1nc2c(CCCl)cccc2cc1C(N)=O. The van der Waals surface area contributed by atoms with Crippen LogP contribution in [-0.4, -0.2) is 26.7 Å². The highest BCUT2D eigenvalue weighted by molar-refractivity contribution is 6.18. The lowest BCUT2D eigenvalue weighted by molar-refractivity contribution is 0.0999. The topological polar surface area (TPSA) is 144 Å². The summed E-state index contributed by atoms with van der Waals surface area (Å²) in [5.74, 6) is 0.184. The van der Waals surface area contributed by atoms with Crippen LogP contribution >= 0.6 is 11.6 Å². The van der Waals surface area contributed by atoms with Crippen LogP contribution in [0, 0.1) is 11.3 Å². The number of rotatable bonds is 6. The molecule has 3 rings (SSSR count). The summed E-state index contributed by atoms with van der Waals surface area (Å²) in [6, 6.07) is 8.92. The number of fused-ring (bicyclic) bond motifs is 1. The molecule has 0 aliphatic rings. The van der Waals surface area contributed by atoms with Crippen molar-refractivity contribution in [3.8, 4) is 6.07 Å². The van der Waals surface area contributed by atoms with Gasteiger partial charge in [-0.2, -0.15) is 5.26 Å². The number of para-hydroxylation sites is 1. The Morgan fingerprint density at radius 1 is 1.39 bits per heavy atom. The maximum Gasteiger partial charge on any atom is 0.250 e. The first-order chi connectivity index (χ1) is 13.5. The third-order valence-corrected chi connectivity index (χ3v) is 4.53. The van der Waals surface area contributed by atoms with E-state index in [4.69, 9.17) is 28.1 Å². The van der Waals surface area contributed by atoms with E-state index in [-0.39, 0.29) is 22.8 Å². The number of aromatic nitrogens is 3. The van der Waals surface area contributed by atoms with Crippen LogP contribution in [0.2, 0.25) is 0 Å². The number of nitrogens with two attached hydrogens (primary N) is 2. The van der Waals surface area contributed by atoms with Crippen LogP contribution in [0.15, 0.2) is 30.6 Å². The molecule has 142 valence electrons. The van der Waals surface area contributed by atoms with Crippen LogP contribution < -0.4 is 16.8 Å². The van der Waals surface area contributed by atoms with Crippen molar-refractivity contribution in [1.29, 1.82) is 5.26 Å². The smallest absolute Gasteiger partial charge is 0.250 e. The maximum atomic E-state index is 12.0. The molecule has 5 N–H and O–H groups in total. The first-order valence-corrected chi connectivity index (χ1v) is 9.05. The zero-order valence-electron chi connectivity index (χ0n) is 15.1. The highest BCUT2D eigenvalue weighted by Crippen LogP contribution is 2.27. The van der Waals surface area contributed by atoms with Gasteiger partial charge in [-0.15, -0.1) is 11.6 Å². The van der Waals surface area contributed by atoms with Crippen LogP contribution in [0.3, 0.4) is 0 Å². The molecule has 1 atom stereocenters. The fourth-order valence-corrected chi connectivity index (χ4v) is 3.20. The fourth-order valence-electron chi connectivity index (χ4n) is 3.00. The first-order valence-electron chi connectivity index (χ1n) is 8.51. The number of hydrogen-bond acceptors (Lipinski definition) is 7. The van der Waals surface area contributed by atoms with Gasteiger partial charge in [0, 0.05) is 11.3 Å². The van der Waals surface area contributed by atoms with E-state index in [1.54, 1.807) is 13.0 Å². The van der Waals surface area contributed by atoms with Gasteiger partial charge in [0.2, 0.25) is 0 Å². The van der Waals surface area contributed by atoms with E-state index in [0.717, 1.165) is 16.5 Å². The minimum atomic E-state index is -0.594. The Balaban J connectivity index is 2.11. The number of carbonyl (C=O) groups is 1. The summed E-state index contributed by atoms with van der Waals surface area (Å²) in [5, 5.41) is 13.2. The van der Waals surface area contributed by atoms with Gasteiger partial charge in [-0.25, -0.2) is 15.0 Å². The number of nitrogen functional groups attached to an aromatic ring is 1. The second-order valence-corrected chi connectivity index (χ2v) is 6.55. The highest BCUT2D eigenvalue weighted by Gasteiger charge is 2.20. The summed E-state index contributed by atoms with van der Waals surface area (Å²) < 4.78 is 0. The Kier molecular flexibility index (Phi) is 5.57. The standard InChI is InChI=1S/C19H18ClN7O/c1-10(26-19-14(8-21)17(22)24-9-25-19)15-13(18(23)28)7-12-4-2-3-11(5-6-20)16(12)27-15/h2-4,7,9-10H,5-6H2,1H3,(H2,23,28)(H3,22,24,25,26). The summed E-state index contributed by atoms with van der Waals surface area (Å²) in [4.78, 5) is 24.6. The number of hydrogen-bond donors (Lipinski definition) is 3. The van der Waals surface area contributed by atoms with E-state index in [2.05, 4.69) is 15.3 Å². The molecule has 2 aromatic heterocycles. The zero-order chi connectivity index (χ0) is 20.3. The number of nitriles is 1. The van der Waals surface area contributed by atoms with E-state index < -0.39 is 11.9 Å². The number of halogens is 1. The molecule has 0 bridgehead atoms. The first kappa shape index (κ1) is 19.3. The molecule has 0 aliphatic heterocycles. The summed E-state index contributed by atoms with van der Waals surface area (Å²) in [5.41, 5.74) is 13.9. The molecule has 28 heavy (non-hydrogen) atoms. The van der Waals surface area contributed by atoms with Gasteiger partial charge in [0.05, 0.1) is 22.8 Å². The highest BCUT2D eigenvalue weighted by atomic mass is 35.5. The summed E-state index contributed by atoms with van der Waals surface area (Å²) >= 11 is 5.91. The minimum Gasteiger partial charge on any atom is -0.382 e. The van der Waals surface area contributed by atoms with E-state index in [1.807, 2.05) is 24.3 Å². The van der Waals surface area contributed by atoms with Gasteiger partial charge in [-0.05, 0) is 25.0 Å². The van der Waals surface area contributed by atoms with Crippen LogP contribution in [0.4, 0.5) is 11.6 Å². The predicted molar refractivity (Wildman–Crippen MR) is 108 cm³/mol. The van der Waals surface area contributed by atoms with Crippen molar-refractivity contribution < 1.29 is 4.79 Å². The molecule has 0 saturated carbocycles. The van der Waals surface area contributed by atoms with Crippen LogP contribution in [0.25, 0.3) is 10.9 Å². The van der Waals surface area contributed by atoms with Crippen molar-refractivity contribution >= 4 is 40.0 Å². The van der Waals surface area contributed by atoms with Crippen molar-refractivity contribution in [2.75, 3.05) is 16.9 Å². The summed E-state index contributed by atoms with van der Waals surface area (Å²) in [6.07, 6.45) is 1.90. The molecule has 1 aromatic carbocycles. The van der Waals surface area contributed by atoms with Crippen molar-refractivity contribution in [2.45, 2.75) is 19.4 Å². The number of anilines is 2. The van der Waals surface area contributed by atoms with Gasteiger partial charge in [-0.3, -0.25) is 4.79 Å². The summed E-state index contributed by atoms with van der Waals surface area (Å²) in [6.45, 7) is 1.80. The van der Waals surface area contributed by atoms with E-state index in [0.29, 0.717) is 18.0 Å². The molecule has 9 heteroatoms. The lowest BCUT2D eigenvalue weighted by Crippen LogP contribution is -2.20. The van der Waals surface area contributed by atoms with Crippen LogP contribution in [0.5, 0.6) is 0 Å². The van der Waals surface area contributed by atoms with Crippen molar-refractivity contribution in [1.82, 2.24) is 15.0 Å². The zero-order valence-corrected chi connectivity index (χ0v) is 15.9. The molecular weight excluding hydrogens is 378 g/mol. The number of pyridine rings is 1. The number of benzene rings is 1. The number of amides is 1. The molecule has 2 heterocycles. The number of primary amides is 1. The molecule has 8 nitrogen and oxygen atoms in total. The van der Waals surface area contributed by atoms with Crippen LogP contribution in [0.1, 0.15) is 40.1 Å². The van der Waals surface area contributed by atoms with Gasteiger partial charge in [0.15, 0.2) is 0 Å². The van der Waals surface area contributed by atoms with Crippen molar-refractivity contribution in [2.24, 2.45) is 5.73 Å². The van der Waals surface area contributed by atoms with Crippen molar-refractivity contribution in [3.05, 3.63) is 53.0 Å². The normalized spacial score (nSPS) is 11.8. The number of carbonyl (C=O) groups excluding carboxylic acids is 1. The van der Waals surface area contributed by atoms with Gasteiger partial charge in [0.1, 0.15) is 29.6 Å². The van der Waals surface area contributed by atoms with Crippen LogP contribution in [-0.2, 0) is 6.42 Å². The number of nitrogens with zero attached hydrogens (tertiary/aromatic N) is 4. The van der Waals surface area contributed by atoms with Gasteiger partial charge in [-0.1, -0.05) is 18.2 Å². The molecule has 1 unspecified atom stereocenters. The molecular formula is C19H18ClN7O. The average Bonchev–Trinajstić information content (AvgIpc) is 2.67. The van der Waals surface area contributed by atoms with Gasteiger partial charge < -0.3 is 16.8 Å². The second-order valence-electron chi connectivity index (χ2n) is 6.17. The molecule has 1 amide bonds. The number of aryl methyl sites for hydroxylation is 1. The van der Waals surface area contributed by atoms with Crippen molar-refractivity contribution in [3.63, 3.8) is 0 Å². The van der Waals surface area contributed by atoms with E-state index >= 15 is 0 Å². The molecule has 0 spiro atoms. The van der Waals surface area contributed by atoms with E-state index in [1.165, 1.54) is 6.33 Å². The molecule has 0 fully saturated rings. The maximum absolute atomic E-state index is 12.0. The Labute approximate surface area is 166 Å². The molecule has 0 saturated heterocycles. The lowest BCUT2D eigenvalue weighted by atomic mass is 10.0. The second kappa shape index (κ2) is 8.06. The Morgan fingerprint density at radius 3 is 2.86 bits per heavy atom. The molecule has 3 aromatic rings. The minimum absolute atomic E-state index is 0.0678. The number of alkyl halides is 1. The quantitative estimate of drug-likeness (QED) is 0.544. The third kappa shape index (κ3) is 3.66. The predicted octanol–water partition coefficient (Wildman–Crippen LogP) is 2.53. The Bertz CT molecular complexity index is 1090. The molecule has 0 aliphatic carbocycles. The lowest BCUT2D eigenvalue weighted by Gasteiger charge is -2.19. The largest absolute Gasteiger partial charge is 0.382 e. The monoisotopic (exact) mass is 395 g/mol. The summed E-state index contributed by atoms with van der Waals surface area (Å²) in [7, 11) is 0. The fraction of sp³-hybridized carbons (Fsp3) is 0.211. The Hall–Kier alpha value is -3.44. The Morgan fingerprint density at radius 2 is 2.18 bits per heavy atom. The number of nitrogens with one attached hydrogen (secondary N) is 1. The van der Waals surface area contributed by atoms with Gasteiger partial charge >= 0.3 is 0 Å². The van der Waals surface area contributed by atoms with E-state index in [9.17, 15) is 10.1 Å². The average molecular weight is 396 g/mol. The molecule has 0 radical (unpaired) electrons. The van der Waals surface area contributed by atoms with Gasteiger partial charge in [0.25, 0.3) is 5.91 Å².